The summed E-state index contributed by atoms with van der Waals surface area (Å²) in [6.45, 7) is 2.31. The number of fused-ring (bicyclic) bond motifs is 1. The molecule has 22 heavy (non-hydrogen) atoms. The maximum absolute atomic E-state index is 11.3. The van der Waals surface area contributed by atoms with Crippen molar-refractivity contribution in [3.8, 4) is 0 Å². The molecule has 0 amide bonds. The molecule has 3 aromatic rings. The predicted molar refractivity (Wildman–Crippen MR) is 91.7 cm³/mol. The molecule has 0 aliphatic carbocycles. The van der Waals surface area contributed by atoms with Crippen LogP contribution in [0.15, 0.2) is 53.7 Å². The first kappa shape index (κ1) is 15.1. The van der Waals surface area contributed by atoms with Crippen molar-refractivity contribution >= 4 is 40.2 Å². The topological polar surface area (TPSA) is 34.9 Å². The number of aromatic nitrogens is 2. The van der Waals surface area contributed by atoms with E-state index in [4.69, 9.17) is 11.6 Å². The van der Waals surface area contributed by atoms with Gasteiger partial charge in [0.1, 0.15) is 5.78 Å². The van der Waals surface area contributed by atoms with Crippen LogP contribution in [0, 0.1) is 0 Å². The lowest BCUT2D eigenvalue weighted by atomic mass is 10.2. The molecule has 0 radical (unpaired) electrons. The standard InChI is InChI=1S/C17H15ClN2OS/c1-12(21)11-22-17-19-15-9-14(18)7-8-16(15)20(17)10-13-5-3-2-4-6-13/h2-9H,10-11H2,1H3. The number of ketones is 1. The summed E-state index contributed by atoms with van der Waals surface area (Å²) in [5.41, 5.74) is 3.08. The quantitative estimate of drug-likeness (QED) is 0.649. The van der Waals surface area contributed by atoms with Gasteiger partial charge in [0.05, 0.1) is 23.3 Å². The molecule has 0 saturated heterocycles. The molecular weight excluding hydrogens is 316 g/mol. The van der Waals surface area contributed by atoms with Crippen LogP contribution in [-0.4, -0.2) is 21.1 Å². The molecule has 1 aromatic heterocycles. The van der Waals surface area contributed by atoms with Gasteiger partial charge in [-0.05, 0) is 30.7 Å². The van der Waals surface area contributed by atoms with Crippen molar-refractivity contribution in [3.63, 3.8) is 0 Å². The van der Waals surface area contributed by atoms with Gasteiger partial charge in [-0.1, -0.05) is 53.7 Å². The Kier molecular flexibility index (Phi) is 4.50. The highest BCUT2D eigenvalue weighted by atomic mass is 35.5. The highest BCUT2D eigenvalue weighted by Gasteiger charge is 2.12. The van der Waals surface area contributed by atoms with Crippen LogP contribution in [0.4, 0.5) is 0 Å². The highest BCUT2D eigenvalue weighted by molar-refractivity contribution is 7.99. The Morgan fingerprint density at radius 2 is 2.00 bits per heavy atom. The Balaban J connectivity index is 2.03. The van der Waals surface area contributed by atoms with Gasteiger partial charge in [-0.25, -0.2) is 4.98 Å². The average Bonchev–Trinajstić information content (AvgIpc) is 2.83. The molecular formula is C17H15ClN2OS. The average molecular weight is 331 g/mol. The Morgan fingerprint density at radius 1 is 1.23 bits per heavy atom. The van der Waals surface area contributed by atoms with Gasteiger partial charge in [-0.15, -0.1) is 0 Å². The zero-order chi connectivity index (χ0) is 15.5. The lowest BCUT2D eigenvalue weighted by Gasteiger charge is -2.08. The second kappa shape index (κ2) is 6.55. The molecule has 3 nitrogen and oxygen atoms in total. The minimum Gasteiger partial charge on any atom is -0.314 e. The number of hydrogen-bond acceptors (Lipinski definition) is 3. The smallest absolute Gasteiger partial charge is 0.169 e. The summed E-state index contributed by atoms with van der Waals surface area (Å²) < 4.78 is 2.13. The molecule has 0 atom stereocenters. The van der Waals surface area contributed by atoms with Gasteiger partial charge in [0.2, 0.25) is 0 Å². The summed E-state index contributed by atoms with van der Waals surface area (Å²) in [5, 5.41) is 1.51. The summed E-state index contributed by atoms with van der Waals surface area (Å²) in [5.74, 6) is 0.563. The predicted octanol–water partition coefficient (Wildman–Crippen LogP) is 4.42. The van der Waals surface area contributed by atoms with Gasteiger partial charge >= 0.3 is 0 Å². The highest BCUT2D eigenvalue weighted by Crippen LogP contribution is 2.27. The normalized spacial score (nSPS) is 11.0. The second-order valence-corrected chi connectivity index (χ2v) is 6.47. The number of hydrogen-bond donors (Lipinski definition) is 0. The van der Waals surface area contributed by atoms with Crippen molar-refractivity contribution in [2.75, 3.05) is 5.75 Å². The van der Waals surface area contributed by atoms with Crippen molar-refractivity contribution in [2.24, 2.45) is 0 Å². The second-order valence-electron chi connectivity index (χ2n) is 5.09. The molecule has 0 fully saturated rings. The number of benzene rings is 2. The molecule has 0 aliphatic rings. The summed E-state index contributed by atoms with van der Waals surface area (Å²) >= 11 is 7.52. The van der Waals surface area contributed by atoms with E-state index in [1.165, 1.54) is 17.3 Å². The molecule has 1 heterocycles. The third-order valence-corrected chi connectivity index (χ3v) is 4.62. The fourth-order valence-electron chi connectivity index (χ4n) is 2.28. The maximum atomic E-state index is 11.3. The Labute approximate surface area is 138 Å². The molecule has 0 spiro atoms. The van der Waals surface area contributed by atoms with E-state index in [1.807, 2.05) is 36.4 Å². The zero-order valence-corrected chi connectivity index (χ0v) is 13.7. The van der Waals surface area contributed by atoms with Crippen LogP contribution >= 0.6 is 23.4 Å². The van der Waals surface area contributed by atoms with Crippen molar-refractivity contribution in [1.29, 1.82) is 0 Å². The van der Waals surface area contributed by atoms with Crippen LogP contribution in [0.5, 0.6) is 0 Å². The number of carbonyl (C=O) groups excluding carboxylic acids is 1. The molecule has 0 bridgehead atoms. The van der Waals surface area contributed by atoms with Crippen molar-refractivity contribution in [3.05, 3.63) is 59.1 Å². The van der Waals surface area contributed by atoms with Crippen LogP contribution < -0.4 is 0 Å². The first-order valence-corrected chi connectivity index (χ1v) is 8.32. The molecule has 0 N–H and O–H groups in total. The number of carbonyl (C=O) groups is 1. The molecule has 2 aromatic carbocycles. The van der Waals surface area contributed by atoms with Crippen LogP contribution in [0.1, 0.15) is 12.5 Å². The zero-order valence-electron chi connectivity index (χ0n) is 12.1. The first-order chi connectivity index (χ1) is 10.6. The first-order valence-electron chi connectivity index (χ1n) is 6.95. The number of Topliss-reactive ketones (excluding diaryl/α,β-unsaturated/α-hetero) is 1. The summed E-state index contributed by atoms with van der Waals surface area (Å²) in [7, 11) is 0. The van der Waals surface area contributed by atoms with Gasteiger partial charge in [0.25, 0.3) is 0 Å². The van der Waals surface area contributed by atoms with E-state index in [9.17, 15) is 4.79 Å². The third-order valence-electron chi connectivity index (χ3n) is 3.26. The van der Waals surface area contributed by atoms with Gasteiger partial charge < -0.3 is 4.57 Å². The Bertz CT molecular complexity index is 814. The largest absolute Gasteiger partial charge is 0.314 e. The molecule has 112 valence electrons. The maximum Gasteiger partial charge on any atom is 0.169 e. The van der Waals surface area contributed by atoms with Crippen molar-refractivity contribution < 1.29 is 4.79 Å². The molecule has 0 aliphatic heterocycles. The number of rotatable bonds is 5. The van der Waals surface area contributed by atoms with E-state index in [-0.39, 0.29) is 5.78 Å². The van der Waals surface area contributed by atoms with Crippen LogP contribution in [0.2, 0.25) is 5.02 Å². The van der Waals surface area contributed by atoms with Gasteiger partial charge in [0, 0.05) is 5.02 Å². The fourth-order valence-corrected chi connectivity index (χ4v) is 3.26. The Morgan fingerprint density at radius 3 is 2.73 bits per heavy atom. The number of imidazole rings is 1. The summed E-state index contributed by atoms with van der Waals surface area (Å²) in [6.07, 6.45) is 0. The van der Waals surface area contributed by atoms with Crippen molar-refractivity contribution in [1.82, 2.24) is 9.55 Å². The molecule has 5 heteroatoms. The lowest BCUT2D eigenvalue weighted by Crippen LogP contribution is -2.03. The minimum absolute atomic E-state index is 0.140. The van der Waals surface area contributed by atoms with E-state index in [0.717, 1.165) is 22.7 Å². The van der Waals surface area contributed by atoms with Crippen LogP contribution in [0.25, 0.3) is 11.0 Å². The minimum atomic E-state index is 0.140. The molecule has 3 rings (SSSR count). The summed E-state index contributed by atoms with van der Waals surface area (Å²) in [4.78, 5) is 15.9. The SMILES string of the molecule is CC(=O)CSc1nc2cc(Cl)ccc2n1Cc1ccccc1. The van der Waals surface area contributed by atoms with E-state index in [1.54, 1.807) is 6.92 Å². The van der Waals surface area contributed by atoms with E-state index < -0.39 is 0 Å². The molecule has 0 unspecified atom stereocenters. The van der Waals surface area contributed by atoms with Crippen LogP contribution in [0.3, 0.4) is 0 Å². The van der Waals surface area contributed by atoms with Gasteiger partial charge in [-0.2, -0.15) is 0 Å². The molecule has 0 saturated carbocycles. The Hall–Kier alpha value is -1.78. The number of thioether (sulfide) groups is 1. The number of nitrogens with zero attached hydrogens (tertiary/aromatic N) is 2. The van der Waals surface area contributed by atoms with Gasteiger partial charge in [-0.3, -0.25) is 4.79 Å². The third kappa shape index (κ3) is 3.34. The van der Waals surface area contributed by atoms with E-state index >= 15 is 0 Å². The summed E-state index contributed by atoms with van der Waals surface area (Å²) in [6, 6.07) is 15.9. The van der Waals surface area contributed by atoms with E-state index in [0.29, 0.717) is 10.8 Å². The van der Waals surface area contributed by atoms with Crippen LogP contribution in [-0.2, 0) is 11.3 Å². The van der Waals surface area contributed by atoms with Gasteiger partial charge in [0.15, 0.2) is 5.16 Å². The van der Waals surface area contributed by atoms with E-state index in [2.05, 4.69) is 21.7 Å². The number of halogens is 1. The monoisotopic (exact) mass is 330 g/mol. The lowest BCUT2D eigenvalue weighted by molar-refractivity contribution is -0.114. The fraction of sp³-hybridized carbons (Fsp3) is 0.176. The van der Waals surface area contributed by atoms with Crippen molar-refractivity contribution in [2.45, 2.75) is 18.6 Å².